The third-order valence-electron chi connectivity index (χ3n) is 4.41. The van der Waals surface area contributed by atoms with Crippen molar-refractivity contribution >= 4 is 44.6 Å². The predicted molar refractivity (Wildman–Crippen MR) is 102 cm³/mol. The molecule has 2 N–H and O–H groups in total. The molecule has 4 nitrogen and oxygen atoms in total. The Morgan fingerprint density at radius 3 is 2.24 bits per heavy atom. The fourth-order valence-electron chi connectivity index (χ4n) is 2.81. The lowest BCUT2D eigenvalue weighted by molar-refractivity contribution is -0.117. The Balaban J connectivity index is 1.48. The SMILES string of the molecule is Cc1c(C(=O)Nc2ccc(NC(=O)C3CC3)cc2)sc2ccccc12. The maximum Gasteiger partial charge on any atom is 0.266 e. The van der Waals surface area contributed by atoms with E-state index in [0.29, 0.717) is 5.69 Å². The molecule has 2 amide bonds. The molecule has 1 saturated carbocycles. The molecule has 1 aromatic heterocycles. The number of rotatable bonds is 4. The lowest BCUT2D eigenvalue weighted by Crippen LogP contribution is -2.14. The highest BCUT2D eigenvalue weighted by atomic mass is 32.1. The minimum atomic E-state index is -0.103. The molecule has 4 rings (SSSR count). The van der Waals surface area contributed by atoms with Gasteiger partial charge in [-0.2, -0.15) is 0 Å². The summed E-state index contributed by atoms with van der Waals surface area (Å²) in [5.41, 5.74) is 2.48. The van der Waals surface area contributed by atoms with Gasteiger partial charge in [-0.15, -0.1) is 11.3 Å². The predicted octanol–water partition coefficient (Wildman–Crippen LogP) is 4.81. The van der Waals surface area contributed by atoms with Crippen LogP contribution in [0.4, 0.5) is 11.4 Å². The molecule has 1 fully saturated rings. The molecular weight excluding hydrogens is 332 g/mol. The van der Waals surface area contributed by atoms with Crippen molar-refractivity contribution in [3.8, 4) is 0 Å². The summed E-state index contributed by atoms with van der Waals surface area (Å²) in [6, 6.07) is 15.3. The van der Waals surface area contributed by atoms with E-state index in [-0.39, 0.29) is 17.7 Å². The summed E-state index contributed by atoms with van der Waals surface area (Å²) in [5.74, 6) is 0.154. The minimum absolute atomic E-state index is 0.0812. The molecule has 0 saturated heterocycles. The van der Waals surface area contributed by atoms with Gasteiger partial charge in [-0.1, -0.05) is 18.2 Å². The van der Waals surface area contributed by atoms with E-state index in [1.54, 1.807) is 0 Å². The zero-order valence-electron chi connectivity index (χ0n) is 13.8. The zero-order chi connectivity index (χ0) is 17.4. The molecule has 1 aliphatic rings. The normalized spacial score (nSPS) is 13.6. The van der Waals surface area contributed by atoms with E-state index in [2.05, 4.69) is 10.6 Å². The summed E-state index contributed by atoms with van der Waals surface area (Å²) >= 11 is 1.50. The van der Waals surface area contributed by atoms with Crippen LogP contribution in [-0.4, -0.2) is 11.8 Å². The van der Waals surface area contributed by atoms with Crippen molar-refractivity contribution in [3.63, 3.8) is 0 Å². The molecule has 126 valence electrons. The van der Waals surface area contributed by atoms with Crippen LogP contribution in [0.25, 0.3) is 10.1 Å². The number of nitrogens with one attached hydrogen (secondary N) is 2. The first kappa shape index (κ1) is 15.8. The monoisotopic (exact) mass is 350 g/mol. The van der Waals surface area contributed by atoms with Crippen molar-refractivity contribution in [2.45, 2.75) is 19.8 Å². The number of amides is 2. The van der Waals surface area contributed by atoms with E-state index < -0.39 is 0 Å². The van der Waals surface area contributed by atoms with Crippen LogP contribution >= 0.6 is 11.3 Å². The van der Waals surface area contributed by atoms with Gasteiger partial charge in [-0.05, 0) is 61.0 Å². The molecule has 0 atom stereocenters. The summed E-state index contributed by atoms with van der Waals surface area (Å²) in [4.78, 5) is 25.1. The van der Waals surface area contributed by atoms with E-state index in [1.165, 1.54) is 11.3 Å². The van der Waals surface area contributed by atoms with Gasteiger partial charge >= 0.3 is 0 Å². The number of benzene rings is 2. The van der Waals surface area contributed by atoms with Crippen molar-refractivity contribution in [1.82, 2.24) is 0 Å². The lowest BCUT2D eigenvalue weighted by Gasteiger charge is -2.07. The quantitative estimate of drug-likeness (QED) is 0.709. The Kier molecular flexibility index (Phi) is 4.01. The Hall–Kier alpha value is -2.66. The molecule has 0 spiro atoms. The van der Waals surface area contributed by atoms with Crippen molar-refractivity contribution in [2.24, 2.45) is 5.92 Å². The topological polar surface area (TPSA) is 58.2 Å². The molecule has 25 heavy (non-hydrogen) atoms. The first-order valence-corrected chi connectivity index (χ1v) is 9.14. The zero-order valence-corrected chi connectivity index (χ0v) is 14.7. The molecule has 5 heteroatoms. The highest BCUT2D eigenvalue weighted by molar-refractivity contribution is 7.21. The van der Waals surface area contributed by atoms with Crippen LogP contribution in [0.2, 0.25) is 0 Å². The van der Waals surface area contributed by atoms with E-state index in [1.807, 2.05) is 55.5 Å². The number of anilines is 2. The number of hydrogen-bond donors (Lipinski definition) is 2. The maximum atomic E-state index is 12.6. The molecule has 0 bridgehead atoms. The van der Waals surface area contributed by atoms with Crippen LogP contribution in [-0.2, 0) is 4.79 Å². The second-order valence-corrected chi connectivity index (χ2v) is 7.40. The average Bonchev–Trinajstić information content (AvgIpc) is 3.41. The second kappa shape index (κ2) is 6.33. The van der Waals surface area contributed by atoms with Gasteiger partial charge in [-0.3, -0.25) is 9.59 Å². The van der Waals surface area contributed by atoms with Crippen molar-refractivity contribution in [3.05, 3.63) is 59.0 Å². The standard InChI is InChI=1S/C20H18N2O2S/c1-12-16-4-2-3-5-17(16)25-18(12)20(24)22-15-10-8-14(9-11-15)21-19(23)13-6-7-13/h2-5,8-11,13H,6-7H2,1H3,(H,21,23)(H,22,24). The highest BCUT2D eigenvalue weighted by Gasteiger charge is 2.29. The molecular formula is C20H18N2O2S. The van der Waals surface area contributed by atoms with Gasteiger partial charge in [0.25, 0.3) is 5.91 Å². The first-order chi connectivity index (χ1) is 12.1. The summed E-state index contributed by atoms with van der Waals surface area (Å²) in [6.45, 7) is 1.98. The van der Waals surface area contributed by atoms with Gasteiger partial charge in [0, 0.05) is 22.0 Å². The van der Waals surface area contributed by atoms with Gasteiger partial charge in [0.1, 0.15) is 0 Å². The third-order valence-corrected chi connectivity index (χ3v) is 5.68. The number of carbonyl (C=O) groups excluding carboxylic acids is 2. The number of carbonyl (C=O) groups is 2. The van der Waals surface area contributed by atoms with E-state index in [4.69, 9.17) is 0 Å². The molecule has 0 radical (unpaired) electrons. The molecule has 1 heterocycles. The van der Waals surface area contributed by atoms with Gasteiger partial charge in [0.15, 0.2) is 0 Å². The number of thiophene rings is 1. The molecule has 0 aliphatic heterocycles. The number of hydrogen-bond acceptors (Lipinski definition) is 3. The van der Waals surface area contributed by atoms with Crippen LogP contribution < -0.4 is 10.6 Å². The maximum absolute atomic E-state index is 12.6. The summed E-state index contributed by atoms with van der Waals surface area (Å²) < 4.78 is 1.11. The van der Waals surface area contributed by atoms with Crippen LogP contribution in [0, 0.1) is 12.8 Å². The molecule has 0 unspecified atom stereocenters. The smallest absolute Gasteiger partial charge is 0.266 e. The van der Waals surface area contributed by atoms with E-state index >= 15 is 0 Å². The average molecular weight is 350 g/mol. The summed E-state index contributed by atoms with van der Waals surface area (Å²) in [5, 5.41) is 6.95. The fourth-order valence-corrected chi connectivity index (χ4v) is 3.91. The van der Waals surface area contributed by atoms with E-state index in [9.17, 15) is 9.59 Å². The van der Waals surface area contributed by atoms with Crippen LogP contribution in [0.15, 0.2) is 48.5 Å². The Labute approximate surface area is 149 Å². The van der Waals surface area contributed by atoms with Crippen molar-refractivity contribution in [1.29, 1.82) is 0 Å². The molecule has 2 aromatic carbocycles. The fraction of sp³-hybridized carbons (Fsp3) is 0.200. The lowest BCUT2D eigenvalue weighted by atomic mass is 10.1. The second-order valence-electron chi connectivity index (χ2n) is 6.35. The number of aryl methyl sites for hydroxylation is 1. The van der Waals surface area contributed by atoms with Crippen LogP contribution in [0.3, 0.4) is 0 Å². The van der Waals surface area contributed by atoms with Crippen molar-refractivity contribution in [2.75, 3.05) is 10.6 Å². The minimum Gasteiger partial charge on any atom is -0.326 e. The summed E-state index contributed by atoms with van der Waals surface area (Å²) in [6.07, 6.45) is 1.96. The molecule has 3 aromatic rings. The third kappa shape index (κ3) is 3.28. The van der Waals surface area contributed by atoms with Crippen LogP contribution in [0.5, 0.6) is 0 Å². The Bertz CT molecular complexity index is 955. The molecule has 1 aliphatic carbocycles. The van der Waals surface area contributed by atoms with Crippen molar-refractivity contribution < 1.29 is 9.59 Å². The highest BCUT2D eigenvalue weighted by Crippen LogP contribution is 2.32. The van der Waals surface area contributed by atoms with Gasteiger partial charge < -0.3 is 10.6 Å². The van der Waals surface area contributed by atoms with E-state index in [0.717, 1.165) is 39.1 Å². The first-order valence-electron chi connectivity index (χ1n) is 8.32. The van der Waals surface area contributed by atoms with Gasteiger partial charge in [0.05, 0.1) is 4.88 Å². The van der Waals surface area contributed by atoms with Gasteiger partial charge in [0.2, 0.25) is 5.91 Å². The summed E-state index contributed by atoms with van der Waals surface area (Å²) in [7, 11) is 0. The van der Waals surface area contributed by atoms with Crippen LogP contribution in [0.1, 0.15) is 28.1 Å². The Morgan fingerprint density at radius 1 is 0.960 bits per heavy atom. The Morgan fingerprint density at radius 2 is 1.60 bits per heavy atom. The largest absolute Gasteiger partial charge is 0.326 e. The van der Waals surface area contributed by atoms with Gasteiger partial charge in [-0.25, -0.2) is 0 Å². The number of fused-ring (bicyclic) bond motifs is 1.